The lowest BCUT2D eigenvalue weighted by atomic mass is 9.98. The number of amides is 1. The average Bonchev–Trinajstić information content (AvgIpc) is 3.84. The highest BCUT2D eigenvalue weighted by Gasteiger charge is 2.49. The summed E-state index contributed by atoms with van der Waals surface area (Å²) < 4.78 is 50.8. The molecule has 56 heavy (non-hydrogen) atoms. The molecule has 5 unspecified atom stereocenters. The van der Waals surface area contributed by atoms with E-state index in [1.165, 1.54) is 19.3 Å². The molecular formula is C37H46N6O11S2. The normalized spacial score (nSPS) is 21.2. The van der Waals surface area contributed by atoms with Gasteiger partial charge in [-0.25, -0.2) is 27.1 Å². The van der Waals surface area contributed by atoms with Crippen molar-refractivity contribution in [1.29, 1.82) is 0 Å². The first-order chi connectivity index (χ1) is 26.4. The van der Waals surface area contributed by atoms with Crippen molar-refractivity contribution in [3.8, 4) is 23.7 Å². The molecule has 0 spiro atoms. The summed E-state index contributed by atoms with van der Waals surface area (Å²) in [5.74, 6) is 9.47. The molecule has 0 saturated carbocycles. The van der Waals surface area contributed by atoms with Gasteiger partial charge in [-0.15, -0.1) is 17.3 Å². The van der Waals surface area contributed by atoms with Crippen molar-refractivity contribution in [1.82, 2.24) is 20.9 Å². The highest BCUT2D eigenvalue weighted by atomic mass is 32.2. The maximum absolute atomic E-state index is 12.8. The second-order valence-corrected chi connectivity index (χ2v) is 18.7. The van der Waals surface area contributed by atoms with Crippen molar-refractivity contribution in [2.24, 2.45) is 10.3 Å². The Balaban J connectivity index is 0.000000255. The summed E-state index contributed by atoms with van der Waals surface area (Å²) in [6.07, 6.45) is 6.47. The highest BCUT2D eigenvalue weighted by Crippen LogP contribution is 2.31. The Kier molecular flexibility index (Phi) is 14.7. The number of oxime groups is 2. The molecule has 19 heteroatoms. The van der Waals surface area contributed by atoms with E-state index in [-0.39, 0.29) is 12.8 Å². The number of nitrogens with one attached hydrogen (secondary N) is 2. The molecule has 1 amide bonds. The van der Waals surface area contributed by atoms with Crippen molar-refractivity contribution in [3.05, 3.63) is 59.2 Å². The van der Waals surface area contributed by atoms with Crippen LogP contribution in [0.25, 0.3) is 0 Å². The van der Waals surface area contributed by atoms with Gasteiger partial charge in [0.1, 0.15) is 29.9 Å². The van der Waals surface area contributed by atoms with Crippen molar-refractivity contribution in [3.63, 3.8) is 0 Å². The fraction of sp³-hybridized carbons (Fsp3) is 0.514. The number of nitrogens with zero attached hydrogens (tertiary/aromatic N) is 4. The van der Waals surface area contributed by atoms with Crippen molar-refractivity contribution in [2.45, 2.75) is 101 Å². The van der Waals surface area contributed by atoms with E-state index in [0.29, 0.717) is 48.7 Å². The number of carbonyl (C=O) groups is 2. The van der Waals surface area contributed by atoms with E-state index in [4.69, 9.17) is 24.5 Å². The maximum Gasteiger partial charge on any atom is 0.346 e. The highest BCUT2D eigenvalue weighted by molar-refractivity contribution is 7.93. The van der Waals surface area contributed by atoms with E-state index in [2.05, 4.69) is 49.4 Å². The number of pyridine rings is 2. The summed E-state index contributed by atoms with van der Waals surface area (Å²) in [5.41, 5.74) is 7.86. The summed E-state index contributed by atoms with van der Waals surface area (Å²) in [5, 5.41) is 16.8. The number of hydrogen-bond acceptors (Lipinski definition) is 16. The van der Waals surface area contributed by atoms with Crippen LogP contribution in [0.2, 0.25) is 0 Å². The number of rotatable bonds is 12. The summed E-state index contributed by atoms with van der Waals surface area (Å²) in [6.45, 7) is 6.62. The molecule has 5 rings (SSSR count). The molecule has 3 aliphatic rings. The largest absolute Gasteiger partial charge is 0.392 e. The van der Waals surface area contributed by atoms with Crippen LogP contribution in [0.1, 0.15) is 95.2 Å². The molecule has 0 bridgehead atoms. The molecule has 17 nitrogen and oxygen atoms in total. The standard InChI is InChI=1S/C21H27N3O6S.C16H19N3O5S/c1-4-7-15-9-10-17(22-14-15)18-12-16(29-23-18)13-21(2,31(3,26)27)20(25)30-24-19-8-5-6-11-28-19;1-4-5-11-6-7-13(17-10-11)14-8-12(24-19-14)9-16(2,15(20)18-21)25(3,22)23/h9-10,14,16,19,24H,5-6,8,11-13H2,1-3H3;6-7,10,12,21H,8-9H2,1-3H3,(H,18,20). The van der Waals surface area contributed by atoms with Gasteiger partial charge in [0.15, 0.2) is 29.2 Å². The number of aromatic nitrogens is 2. The third kappa shape index (κ3) is 10.9. The second kappa shape index (κ2) is 18.8. The molecule has 0 aromatic carbocycles. The molecule has 1 fully saturated rings. The summed E-state index contributed by atoms with van der Waals surface area (Å²) in [4.78, 5) is 49.0. The van der Waals surface area contributed by atoms with Gasteiger partial charge >= 0.3 is 5.97 Å². The fourth-order valence-electron chi connectivity index (χ4n) is 5.79. The number of carbonyl (C=O) groups excluding carboxylic acids is 2. The maximum atomic E-state index is 12.8. The third-order valence-electron chi connectivity index (χ3n) is 9.47. The Morgan fingerprint density at radius 2 is 1.34 bits per heavy atom. The van der Waals surface area contributed by atoms with Gasteiger partial charge < -0.3 is 19.2 Å². The Morgan fingerprint density at radius 3 is 1.73 bits per heavy atom. The Morgan fingerprint density at radius 1 is 0.839 bits per heavy atom. The second-order valence-electron chi connectivity index (χ2n) is 13.8. The van der Waals surface area contributed by atoms with E-state index in [1.54, 1.807) is 44.4 Å². The number of sulfone groups is 2. The average molecular weight is 815 g/mol. The lowest BCUT2D eigenvalue weighted by Gasteiger charge is -2.29. The molecule has 2 aromatic heterocycles. The Labute approximate surface area is 326 Å². The summed E-state index contributed by atoms with van der Waals surface area (Å²) in [6, 6.07) is 7.16. The van der Waals surface area contributed by atoms with Gasteiger partial charge in [0.2, 0.25) is 0 Å². The van der Waals surface area contributed by atoms with Crippen LogP contribution in [0.3, 0.4) is 0 Å². The molecule has 0 aliphatic carbocycles. The number of hydroxylamine groups is 2. The zero-order valence-corrected chi connectivity index (χ0v) is 33.6. The van der Waals surface area contributed by atoms with Crippen LogP contribution in [0.15, 0.2) is 47.0 Å². The van der Waals surface area contributed by atoms with Gasteiger partial charge in [-0.1, -0.05) is 22.2 Å². The van der Waals surface area contributed by atoms with E-state index < -0.39 is 59.5 Å². The monoisotopic (exact) mass is 814 g/mol. The Hall–Kier alpha value is -4.92. The molecule has 3 N–H and O–H groups in total. The van der Waals surface area contributed by atoms with Crippen LogP contribution in [0.4, 0.5) is 0 Å². The van der Waals surface area contributed by atoms with Crippen molar-refractivity contribution < 1.29 is 50.9 Å². The lowest BCUT2D eigenvalue weighted by Crippen LogP contribution is -2.51. The van der Waals surface area contributed by atoms with Gasteiger partial charge in [-0.3, -0.25) is 20.0 Å². The van der Waals surface area contributed by atoms with Crippen molar-refractivity contribution in [2.75, 3.05) is 19.1 Å². The van der Waals surface area contributed by atoms with E-state index in [9.17, 15) is 26.4 Å². The quantitative estimate of drug-likeness (QED) is 0.159. The predicted molar refractivity (Wildman–Crippen MR) is 204 cm³/mol. The predicted octanol–water partition coefficient (Wildman–Crippen LogP) is 2.36. The van der Waals surface area contributed by atoms with E-state index in [0.717, 1.165) is 36.5 Å². The van der Waals surface area contributed by atoms with Gasteiger partial charge in [0.05, 0.1) is 11.4 Å². The first-order valence-corrected chi connectivity index (χ1v) is 21.4. The smallest absolute Gasteiger partial charge is 0.346 e. The molecule has 2 aromatic rings. The molecular weight excluding hydrogens is 769 g/mol. The molecule has 302 valence electrons. The van der Waals surface area contributed by atoms with Gasteiger partial charge in [0.25, 0.3) is 5.91 Å². The van der Waals surface area contributed by atoms with Crippen LogP contribution >= 0.6 is 0 Å². The van der Waals surface area contributed by atoms with Gasteiger partial charge in [-0.05, 0) is 71.2 Å². The fourth-order valence-corrected chi connectivity index (χ4v) is 7.49. The van der Waals surface area contributed by atoms with Crippen LogP contribution < -0.4 is 11.0 Å². The minimum Gasteiger partial charge on any atom is -0.392 e. The number of hydrogen-bond donors (Lipinski definition) is 3. The Bertz CT molecular complexity index is 2150. The zero-order chi connectivity index (χ0) is 41.1. The third-order valence-corrected chi connectivity index (χ3v) is 13.4. The minimum atomic E-state index is -3.82. The summed E-state index contributed by atoms with van der Waals surface area (Å²) >= 11 is 0. The van der Waals surface area contributed by atoms with E-state index in [1.807, 2.05) is 6.07 Å². The zero-order valence-electron chi connectivity index (χ0n) is 32.0. The SMILES string of the molecule is CC#Cc1ccc(C2=NOC(CC(C)(C(=O)NO)S(C)(=O)=O)C2)nc1.CC#Cc1ccc(C2=NOC(CC(C)(C(=O)ONC3CCCCO3)S(C)(=O)=O)C2)nc1. The van der Waals surface area contributed by atoms with Crippen molar-refractivity contribution >= 4 is 43.0 Å². The summed E-state index contributed by atoms with van der Waals surface area (Å²) in [7, 11) is -7.61. The van der Waals surface area contributed by atoms with Crippen LogP contribution in [-0.4, -0.2) is 102 Å². The lowest BCUT2D eigenvalue weighted by molar-refractivity contribution is -0.169. The van der Waals surface area contributed by atoms with Crippen LogP contribution in [0, 0.1) is 23.7 Å². The van der Waals surface area contributed by atoms with Crippen LogP contribution in [-0.2, 0) is 48.5 Å². The van der Waals surface area contributed by atoms with Gasteiger partial charge in [-0.2, -0.15) is 0 Å². The minimum absolute atomic E-state index is 0.107. The number of ether oxygens (including phenoxy) is 1. The topological polar surface area (TPSA) is 234 Å². The first kappa shape index (κ1) is 43.8. The van der Waals surface area contributed by atoms with Crippen LogP contribution in [0.5, 0.6) is 0 Å². The molecule has 5 heterocycles. The van der Waals surface area contributed by atoms with E-state index >= 15 is 0 Å². The molecule has 0 radical (unpaired) electrons. The molecule has 5 atom stereocenters. The molecule has 3 aliphatic heterocycles. The molecule has 1 saturated heterocycles. The van der Waals surface area contributed by atoms with Gasteiger partial charge in [0, 0.05) is 68.3 Å². The first-order valence-electron chi connectivity index (χ1n) is 17.6.